The number of nitrogen functional groups attached to an aromatic ring is 1. The van der Waals surface area contributed by atoms with Crippen molar-refractivity contribution in [1.82, 2.24) is 9.55 Å². The van der Waals surface area contributed by atoms with Crippen molar-refractivity contribution in [2.24, 2.45) is 7.05 Å². The van der Waals surface area contributed by atoms with E-state index >= 15 is 0 Å². The number of rotatable bonds is 2. The summed E-state index contributed by atoms with van der Waals surface area (Å²) in [6.45, 7) is 1.75. The summed E-state index contributed by atoms with van der Waals surface area (Å²) in [5.74, 6) is 2.05. The number of nitrogens with two attached hydrogens (primary N) is 1. The molecule has 3 rings (SSSR count). The largest absolute Gasteiger partial charge is 0.383 e. The Morgan fingerprint density at radius 1 is 1.39 bits per heavy atom. The van der Waals surface area contributed by atoms with Crippen molar-refractivity contribution < 1.29 is 4.39 Å². The van der Waals surface area contributed by atoms with Crippen LogP contribution >= 0.6 is 0 Å². The average Bonchev–Trinajstić information content (AvgIpc) is 3.13. The summed E-state index contributed by atoms with van der Waals surface area (Å²) in [7, 11) is 1.94. The number of aromatic nitrogens is 2. The Hall–Kier alpha value is -1.84. The van der Waals surface area contributed by atoms with E-state index in [0.717, 1.165) is 17.1 Å². The Kier molecular flexibility index (Phi) is 2.40. The fourth-order valence-corrected chi connectivity index (χ4v) is 2.24. The van der Waals surface area contributed by atoms with Crippen molar-refractivity contribution in [3.05, 3.63) is 35.4 Å². The molecule has 0 unspecified atom stereocenters. The van der Waals surface area contributed by atoms with E-state index < -0.39 is 0 Å². The Labute approximate surface area is 105 Å². The van der Waals surface area contributed by atoms with Gasteiger partial charge in [-0.2, -0.15) is 0 Å². The molecular weight excluding hydrogens is 229 g/mol. The van der Waals surface area contributed by atoms with Gasteiger partial charge in [0.2, 0.25) is 0 Å². The Balaban J connectivity index is 2.10. The summed E-state index contributed by atoms with van der Waals surface area (Å²) < 4.78 is 15.2. The van der Waals surface area contributed by atoms with Crippen LogP contribution in [0.1, 0.15) is 30.1 Å². The molecule has 0 saturated heterocycles. The minimum Gasteiger partial charge on any atom is -0.383 e. The van der Waals surface area contributed by atoms with Crippen LogP contribution in [0.25, 0.3) is 11.3 Å². The summed E-state index contributed by atoms with van der Waals surface area (Å²) in [5.41, 5.74) is 8.36. The summed E-state index contributed by atoms with van der Waals surface area (Å²) in [4.78, 5) is 4.63. The number of nitrogens with zero attached hydrogens (tertiary/aromatic N) is 2. The van der Waals surface area contributed by atoms with Gasteiger partial charge in [0.1, 0.15) is 23.2 Å². The normalized spacial score (nSPS) is 15.1. The highest BCUT2D eigenvalue weighted by Crippen LogP contribution is 2.41. The molecule has 0 bridgehead atoms. The van der Waals surface area contributed by atoms with E-state index in [9.17, 15) is 4.39 Å². The van der Waals surface area contributed by atoms with E-state index in [1.165, 1.54) is 18.9 Å². The first-order valence-corrected chi connectivity index (χ1v) is 6.16. The molecule has 1 aromatic carbocycles. The third kappa shape index (κ3) is 1.68. The van der Waals surface area contributed by atoms with Gasteiger partial charge in [0.05, 0.1) is 0 Å². The van der Waals surface area contributed by atoms with Gasteiger partial charge in [-0.1, -0.05) is 0 Å². The van der Waals surface area contributed by atoms with Crippen LogP contribution in [0.2, 0.25) is 0 Å². The molecule has 1 heterocycles. The maximum Gasteiger partial charge on any atom is 0.131 e. The lowest BCUT2D eigenvalue weighted by Gasteiger charge is -2.02. The summed E-state index contributed by atoms with van der Waals surface area (Å²) >= 11 is 0. The molecule has 2 N–H and O–H groups in total. The van der Waals surface area contributed by atoms with E-state index in [4.69, 9.17) is 5.73 Å². The van der Waals surface area contributed by atoms with Gasteiger partial charge in [-0.25, -0.2) is 9.37 Å². The van der Waals surface area contributed by atoms with Gasteiger partial charge in [-0.3, -0.25) is 0 Å². The van der Waals surface area contributed by atoms with Gasteiger partial charge in [-0.05, 0) is 43.5 Å². The predicted octanol–water partition coefficient (Wildman–Crippen LogP) is 2.99. The molecule has 94 valence electrons. The molecule has 0 radical (unpaired) electrons. The molecule has 1 aromatic heterocycles. The molecule has 2 aromatic rings. The lowest BCUT2D eigenvalue weighted by atomic mass is 10.1. The molecule has 3 nitrogen and oxygen atoms in total. The third-order valence-electron chi connectivity index (χ3n) is 3.55. The van der Waals surface area contributed by atoms with E-state index in [1.54, 1.807) is 19.1 Å². The second-order valence-electron chi connectivity index (χ2n) is 5.00. The van der Waals surface area contributed by atoms with E-state index in [0.29, 0.717) is 17.3 Å². The molecule has 0 aliphatic heterocycles. The minimum absolute atomic E-state index is 0.198. The second-order valence-corrected chi connectivity index (χ2v) is 5.00. The molecule has 1 saturated carbocycles. The minimum atomic E-state index is -0.198. The predicted molar refractivity (Wildman–Crippen MR) is 69.7 cm³/mol. The first-order valence-electron chi connectivity index (χ1n) is 6.16. The molecule has 4 heteroatoms. The van der Waals surface area contributed by atoms with Gasteiger partial charge in [0, 0.05) is 18.5 Å². The van der Waals surface area contributed by atoms with Crippen LogP contribution in [0, 0.1) is 12.7 Å². The van der Waals surface area contributed by atoms with Crippen LogP contribution < -0.4 is 5.73 Å². The van der Waals surface area contributed by atoms with Crippen molar-refractivity contribution in [3.8, 4) is 11.3 Å². The second kappa shape index (κ2) is 3.83. The van der Waals surface area contributed by atoms with E-state index in [1.807, 2.05) is 11.6 Å². The van der Waals surface area contributed by atoms with Crippen molar-refractivity contribution in [1.29, 1.82) is 0 Å². The summed E-state index contributed by atoms with van der Waals surface area (Å²) in [6.07, 6.45) is 2.37. The van der Waals surface area contributed by atoms with Crippen LogP contribution in [0.3, 0.4) is 0 Å². The highest BCUT2D eigenvalue weighted by Gasteiger charge is 2.29. The first kappa shape index (κ1) is 11.3. The highest BCUT2D eigenvalue weighted by atomic mass is 19.1. The Morgan fingerprint density at radius 3 is 2.72 bits per heavy atom. The van der Waals surface area contributed by atoms with Crippen molar-refractivity contribution in [2.45, 2.75) is 25.7 Å². The summed E-state index contributed by atoms with van der Waals surface area (Å²) in [6, 6.07) is 5.00. The molecule has 0 amide bonds. The number of imidazole rings is 1. The molecule has 18 heavy (non-hydrogen) atoms. The monoisotopic (exact) mass is 245 g/mol. The molecular formula is C14H16FN3. The zero-order valence-electron chi connectivity index (χ0n) is 10.6. The molecule has 1 fully saturated rings. The number of benzene rings is 1. The van der Waals surface area contributed by atoms with Crippen molar-refractivity contribution >= 4 is 5.82 Å². The quantitative estimate of drug-likeness (QED) is 0.883. The van der Waals surface area contributed by atoms with Crippen LogP contribution in [0.4, 0.5) is 10.2 Å². The fraction of sp³-hybridized carbons (Fsp3) is 0.357. The van der Waals surface area contributed by atoms with Crippen LogP contribution in [0.15, 0.2) is 18.2 Å². The number of aryl methyl sites for hydroxylation is 1. The van der Waals surface area contributed by atoms with E-state index in [2.05, 4.69) is 4.98 Å². The van der Waals surface area contributed by atoms with Crippen LogP contribution in [0.5, 0.6) is 0 Å². The average molecular weight is 245 g/mol. The van der Waals surface area contributed by atoms with Gasteiger partial charge in [-0.15, -0.1) is 0 Å². The SMILES string of the molecule is Cc1cc(-c2nc(C3CC3)n(C)c2N)ccc1F. The highest BCUT2D eigenvalue weighted by molar-refractivity contribution is 5.71. The summed E-state index contributed by atoms with van der Waals surface area (Å²) in [5, 5.41) is 0. The van der Waals surface area contributed by atoms with Gasteiger partial charge in [0.25, 0.3) is 0 Å². The number of anilines is 1. The number of hydrogen-bond acceptors (Lipinski definition) is 2. The van der Waals surface area contributed by atoms with Crippen LogP contribution in [-0.4, -0.2) is 9.55 Å². The van der Waals surface area contributed by atoms with Crippen molar-refractivity contribution in [2.75, 3.05) is 5.73 Å². The lowest BCUT2D eigenvalue weighted by molar-refractivity contribution is 0.619. The Bertz CT molecular complexity index is 612. The third-order valence-corrected chi connectivity index (χ3v) is 3.55. The van der Waals surface area contributed by atoms with Gasteiger partial charge < -0.3 is 10.3 Å². The van der Waals surface area contributed by atoms with Gasteiger partial charge in [0.15, 0.2) is 0 Å². The topological polar surface area (TPSA) is 43.8 Å². The van der Waals surface area contributed by atoms with Gasteiger partial charge >= 0.3 is 0 Å². The van der Waals surface area contributed by atoms with E-state index in [-0.39, 0.29) is 5.82 Å². The van der Waals surface area contributed by atoms with Crippen LogP contribution in [-0.2, 0) is 7.05 Å². The maximum absolute atomic E-state index is 13.3. The lowest BCUT2D eigenvalue weighted by Crippen LogP contribution is -2.00. The smallest absolute Gasteiger partial charge is 0.131 e. The standard InChI is InChI=1S/C14H16FN3/c1-8-7-10(5-6-11(8)15)12-13(16)18(2)14(17-12)9-3-4-9/h5-7,9H,3-4,16H2,1-2H3. The molecule has 0 atom stereocenters. The fourth-order valence-electron chi connectivity index (χ4n) is 2.24. The molecule has 1 aliphatic rings. The van der Waals surface area contributed by atoms with Crippen molar-refractivity contribution in [3.63, 3.8) is 0 Å². The maximum atomic E-state index is 13.3. The zero-order chi connectivity index (χ0) is 12.9. The molecule has 0 spiro atoms. The number of hydrogen-bond donors (Lipinski definition) is 1. The zero-order valence-corrected chi connectivity index (χ0v) is 10.6. The number of halogens is 1. The molecule has 1 aliphatic carbocycles. The Morgan fingerprint density at radius 2 is 2.11 bits per heavy atom. The first-order chi connectivity index (χ1) is 8.58.